The molecule has 2 rings (SSSR count). The Morgan fingerprint density at radius 3 is 3.05 bits per heavy atom. The minimum atomic E-state index is -0.0300. The lowest BCUT2D eigenvalue weighted by molar-refractivity contribution is -0.127. The molecule has 2 fully saturated rings. The number of carbonyl (C=O) groups is 1. The van der Waals surface area contributed by atoms with Gasteiger partial charge in [0, 0.05) is 19.2 Å². The van der Waals surface area contributed by atoms with Gasteiger partial charge in [0.15, 0.2) is 0 Å². The second kappa shape index (κ2) is 7.82. The van der Waals surface area contributed by atoms with Crippen LogP contribution in [0.2, 0.25) is 0 Å². The molecule has 5 nitrogen and oxygen atoms in total. The van der Waals surface area contributed by atoms with Crippen LogP contribution in [0.4, 0.5) is 0 Å². The Balaban J connectivity index is 1.53. The van der Waals surface area contributed by atoms with Gasteiger partial charge in [0.2, 0.25) is 5.91 Å². The number of nitrogens with one attached hydrogen (secondary N) is 2. The van der Waals surface area contributed by atoms with E-state index in [4.69, 9.17) is 9.47 Å². The first-order valence-corrected chi connectivity index (χ1v) is 7.45. The minimum absolute atomic E-state index is 0.0300. The van der Waals surface area contributed by atoms with E-state index >= 15 is 0 Å². The largest absolute Gasteiger partial charge is 0.376 e. The summed E-state index contributed by atoms with van der Waals surface area (Å²) in [6, 6.07) is 0.399. The fraction of sp³-hybridized carbons (Fsp3) is 0.929. The number of piperidine rings is 1. The number of ether oxygens (including phenoxy) is 2. The zero-order valence-corrected chi connectivity index (χ0v) is 11.8. The van der Waals surface area contributed by atoms with Gasteiger partial charge in [-0.2, -0.15) is 0 Å². The first kappa shape index (κ1) is 14.8. The van der Waals surface area contributed by atoms with Crippen LogP contribution in [0, 0.1) is 5.92 Å². The molecule has 0 spiro atoms. The molecule has 19 heavy (non-hydrogen) atoms. The van der Waals surface area contributed by atoms with E-state index in [9.17, 15) is 4.79 Å². The lowest BCUT2D eigenvalue weighted by atomic mass is 9.93. The van der Waals surface area contributed by atoms with Crippen LogP contribution < -0.4 is 10.6 Å². The summed E-state index contributed by atoms with van der Waals surface area (Å²) in [6.07, 6.45) is 4.81. The third-order valence-corrected chi connectivity index (χ3v) is 4.01. The summed E-state index contributed by atoms with van der Waals surface area (Å²) in [5.74, 6) is 0.597. The van der Waals surface area contributed by atoms with E-state index in [1.807, 2.05) is 0 Å². The molecular formula is C14H26N2O3. The average Bonchev–Trinajstić information content (AvgIpc) is 2.91. The van der Waals surface area contributed by atoms with E-state index in [-0.39, 0.29) is 18.6 Å². The van der Waals surface area contributed by atoms with Crippen molar-refractivity contribution >= 4 is 5.91 Å². The molecule has 0 aromatic carbocycles. The van der Waals surface area contributed by atoms with Gasteiger partial charge >= 0.3 is 0 Å². The lowest BCUT2D eigenvalue weighted by Crippen LogP contribution is -2.48. The Morgan fingerprint density at radius 2 is 2.32 bits per heavy atom. The predicted octanol–water partition coefficient (Wildman–Crippen LogP) is 0.686. The minimum Gasteiger partial charge on any atom is -0.376 e. The van der Waals surface area contributed by atoms with Crippen molar-refractivity contribution < 1.29 is 14.3 Å². The molecule has 0 aromatic heterocycles. The summed E-state index contributed by atoms with van der Waals surface area (Å²) in [6.45, 7) is 5.48. The third kappa shape index (κ3) is 5.09. The van der Waals surface area contributed by atoms with Gasteiger partial charge in [-0.3, -0.25) is 4.79 Å². The fourth-order valence-corrected chi connectivity index (χ4v) is 2.72. The van der Waals surface area contributed by atoms with Crippen LogP contribution in [0.3, 0.4) is 0 Å². The second-order valence-corrected chi connectivity index (χ2v) is 5.63. The van der Waals surface area contributed by atoms with Crippen LogP contribution in [0.15, 0.2) is 0 Å². The first-order chi connectivity index (χ1) is 9.25. The van der Waals surface area contributed by atoms with E-state index in [0.29, 0.717) is 25.1 Å². The molecule has 0 aromatic rings. The van der Waals surface area contributed by atoms with Gasteiger partial charge in [-0.15, -0.1) is 0 Å². The maximum absolute atomic E-state index is 11.7. The molecule has 2 aliphatic heterocycles. The number of hydrogen-bond acceptors (Lipinski definition) is 4. The summed E-state index contributed by atoms with van der Waals surface area (Å²) < 4.78 is 10.8. The maximum Gasteiger partial charge on any atom is 0.246 e. The Labute approximate surface area is 115 Å². The van der Waals surface area contributed by atoms with Gasteiger partial charge in [-0.25, -0.2) is 0 Å². The Hall–Kier alpha value is -0.650. The summed E-state index contributed by atoms with van der Waals surface area (Å²) in [5.41, 5.74) is 0. The van der Waals surface area contributed by atoms with Crippen molar-refractivity contribution in [3.8, 4) is 0 Å². The van der Waals surface area contributed by atoms with Crippen molar-refractivity contribution in [1.82, 2.24) is 10.6 Å². The van der Waals surface area contributed by atoms with Crippen molar-refractivity contribution in [2.75, 3.05) is 32.9 Å². The van der Waals surface area contributed by atoms with Crippen molar-refractivity contribution in [3.05, 3.63) is 0 Å². The molecule has 0 unspecified atom stereocenters. The Morgan fingerprint density at radius 1 is 1.42 bits per heavy atom. The standard InChI is InChI=1S/C14H26N2O3/c1-11-4-2-6-15-13(11)8-16-14(17)10-18-9-12-5-3-7-19-12/h11-13,15H,2-10H2,1H3,(H,16,17)/t11-,12-,13-/m1/s1. The number of hydrogen-bond donors (Lipinski definition) is 2. The molecule has 0 aliphatic carbocycles. The molecule has 2 saturated heterocycles. The van der Waals surface area contributed by atoms with Gasteiger partial charge < -0.3 is 20.1 Å². The normalized spacial score (nSPS) is 31.3. The average molecular weight is 270 g/mol. The number of carbonyl (C=O) groups excluding carboxylic acids is 1. The fourth-order valence-electron chi connectivity index (χ4n) is 2.72. The quantitative estimate of drug-likeness (QED) is 0.745. The summed E-state index contributed by atoms with van der Waals surface area (Å²) in [5, 5.41) is 6.39. The molecular weight excluding hydrogens is 244 g/mol. The molecule has 0 bridgehead atoms. The highest BCUT2D eigenvalue weighted by Gasteiger charge is 2.21. The predicted molar refractivity (Wildman–Crippen MR) is 73.0 cm³/mol. The van der Waals surface area contributed by atoms with E-state index in [1.54, 1.807) is 0 Å². The summed E-state index contributed by atoms with van der Waals surface area (Å²) >= 11 is 0. The molecule has 2 N–H and O–H groups in total. The van der Waals surface area contributed by atoms with Crippen molar-refractivity contribution in [2.24, 2.45) is 5.92 Å². The molecule has 2 heterocycles. The van der Waals surface area contributed by atoms with Crippen LogP contribution in [0.1, 0.15) is 32.6 Å². The van der Waals surface area contributed by atoms with E-state index in [0.717, 1.165) is 26.0 Å². The van der Waals surface area contributed by atoms with Crippen LogP contribution in [0.5, 0.6) is 0 Å². The van der Waals surface area contributed by atoms with Crippen LogP contribution in [0.25, 0.3) is 0 Å². The van der Waals surface area contributed by atoms with Crippen LogP contribution in [-0.4, -0.2) is 51.0 Å². The van der Waals surface area contributed by atoms with Crippen LogP contribution in [-0.2, 0) is 14.3 Å². The lowest BCUT2D eigenvalue weighted by Gasteiger charge is -2.30. The summed E-state index contributed by atoms with van der Waals surface area (Å²) in [7, 11) is 0. The zero-order valence-electron chi connectivity index (χ0n) is 11.8. The molecule has 5 heteroatoms. The Kier molecular flexibility index (Phi) is 6.07. The first-order valence-electron chi connectivity index (χ1n) is 7.45. The van der Waals surface area contributed by atoms with Crippen LogP contribution >= 0.6 is 0 Å². The third-order valence-electron chi connectivity index (χ3n) is 4.01. The van der Waals surface area contributed by atoms with Gasteiger partial charge in [0.05, 0.1) is 12.7 Å². The van der Waals surface area contributed by atoms with Gasteiger partial charge in [-0.1, -0.05) is 6.92 Å². The van der Waals surface area contributed by atoms with Crippen molar-refractivity contribution in [3.63, 3.8) is 0 Å². The summed E-state index contributed by atoms with van der Waals surface area (Å²) in [4.78, 5) is 11.7. The van der Waals surface area contributed by atoms with E-state index in [2.05, 4.69) is 17.6 Å². The number of rotatable bonds is 6. The molecule has 0 radical (unpaired) electrons. The molecule has 3 atom stereocenters. The zero-order chi connectivity index (χ0) is 13.5. The maximum atomic E-state index is 11.7. The van der Waals surface area contributed by atoms with Crippen molar-refractivity contribution in [2.45, 2.75) is 44.8 Å². The SMILES string of the molecule is C[C@@H]1CCCN[C@@H]1CNC(=O)COC[C@H]1CCCO1. The van der Waals surface area contributed by atoms with Gasteiger partial charge in [0.25, 0.3) is 0 Å². The molecule has 2 aliphatic rings. The monoisotopic (exact) mass is 270 g/mol. The highest BCUT2D eigenvalue weighted by molar-refractivity contribution is 5.77. The molecule has 1 amide bonds. The second-order valence-electron chi connectivity index (χ2n) is 5.63. The highest BCUT2D eigenvalue weighted by Crippen LogP contribution is 2.14. The number of amides is 1. The van der Waals surface area contributed by atoms with E-state index < -0.39 is 0 Å². The van der Waals surface area contributed by atoms with E-state index in [1.165, 1.54) is 12.8 Å². The van der Waals surface area contributed by atoms with Gasteiger partial charge in [0.1, 0.15) is 6.61 Å². The molecule has 110 valence electrons. The van der Waals surface area contributed by atoms with Crippen molar-refractivity contribution in [1.29, 1.82) is 0 Å². The highest BCUT2D eigenvalue weighted by atomic mass is 16.5. The van der Waals surface area contributed by atoms with Gasteiger partial charge in [-0.05, 0) is 38.1 Å². The topological polar surface area (TPSA) is 59.6 Å². The Bertz CT molecular complexity index is 280. The molecule has 0 saturated carbocycles. The smallest absolute Gasteiger partial charge is 0.246 e.